The Morgan fingerprint density at radius 3 is 2.67 bits per heavy atom. The summed E-state index contributed by atoms with van der Waals surface area (Å²) in [7, 11) is 4.06. The third-order valence-electron chi connectivity index (χ3n) is 4.34. The largest absolute Gasteiger partial charge is 0.490 e. The fraction of sp³-hybridized carbons (Fsp3) is 0.529. The van der Waals surface area contributed by atoms with E-state index in [2.05, 4.69) is 16.0 Å². The summed E-state index contributed by atoms with van der Waals surface area (Å²) in [5.41, 5.74) is 1.14. The molecule has 0 radical (unpaired) electrons. The minimum absolute atomic E-state index is 0.623. The number of hydrogen-bond donors (Lipinski definition) is 2. The molecule has 0 spiro atoms. The molecule has 4 heteroatoms. The Morgan fingerprint density at radius 1 is 1.24 bits per heavy atom. The van der Waals surface area contributed by atoms with Crippen molar-refractivity contribution in [2.24, 2.45) is 0 Å². The van der Waals surface area contributed by atoms with Gasteiger partial charge in [-0.05, 0) is 39.1 Å². The lowest BCUT2D eigenvalue weighted by atomic mass is 9.97. The highest BCUT2D eigenvalue weighted by Gasteiger charge is 2.37. The highest BCUT2D eigenvalue weighted by Crippen LogP contribution is 2.44. The molecule has 1 aliphatic rings. The van der Waals surface area contributed by atoms with Crippen LogP contribution in [0, 0.1) is 0 Å². The summed E-state index contributed by atoms with van der Waals surface area (Å²) < 4.78 is 6.05. The Kier molecular flexibility index (Phi) is 3.91. The van der Waals surface area contributed by atoms with E-state index in [1.165, 1.54) is 0 Å². The van der Waals surface area contributed by atoms with Crippen LogP contribution < -0.4 is 4.74 Å². The zero-order chi connectivity index (χ0) is 14.9. The van der Waals surface area contributed by atoms with E-state index in [0.717, 1.165) is 54.6 Å². The van der Waals surface area contributed by atoms with Crippen LogP contribution in [0.1, 0.15) is 31.4 Å². The van der Waals surface area contributed by atoms with E-state index >= 15 is 0 Å². The van der Waals surface area contributed by atoms with Gasteiger partial charge in [0.15, 0.2) is 5.75 Å². The molecular weight excluding hydrogens is 264 g/mol. The van der Waals surface area contributed by atoms with Crippen LogP contribution in [0.25, 0.3) is 10.9 Å². The number of benzene rings is 1. The van der Waals surface area contributed by atoms with Crippen LogP contribution in [0.3, 0.4) is 0 Å². The number of hydrogen-bond acceptors (Lipinski definition) is 3. The lowest BCUT2D eigenvalue weighted by molar-refractivity contribution is 0.0374. The number of ether oxygens (including phenoxy) is 1. The van der Waals surface area contributed by atoms with Crippen LogP contribution in [0.2, 0.25) is 0 Å². The van der Waals surface area contributed by atoms with E-state index in [1.807, 2.05) is 32.3 Å². The first-order valence-corrected chi connectivity index (χ1v) is 7.71. The van der Waals surface area contributed by atoms with Gasteiger partial charge in [0.25, 0.3) is 0 Å². The molecule has 0 amide bonds. The molecule has 3 rings (SSSR count). The molecule has 2 aromatic rings. The molecule has 0 atom stereocenters. The number of H-pyrrole nitrogens is 1. The van der Waals surface area contributed by atoms with Crippen LogP contribution in [0.5, 0.6) is 5.75 Å². The number of aliphatic hydroxyl groups is 1. The van der Waals surface area contributed by atoms with Crippen molar-refractivity contribution in [3.05, 3.63) is 30.0 Å². The molecule has 1 aromatic carbocycles. The number of para-hydroxylation sites is 1. The molecular formula is C17H24N2O2. The fourth-order valence-corrected chi connectivity index (χ4v) is 3.13. The van der Waals surface area contributed by atoms with Crippen LogP contribution in [-0.2, 0) is 5.60 Å². The van der Waals surface area contributed by atoms with Gasteiger partial charge >= 0.3 is 0 Å². The molecule has 2 N–H and O–H groups in total. The Labute approximate surface area is 125 Å². The zero-order valence-corrected chi connectivity index (χ0v) is 12.9. The molecule has 1 heterocycles. The first-order chi connectivity index (χ1) is 10.1. The van der Waals surface area contributed by atoms with Crippen molar-refractivity contribution in [3.63, 3.8) is 0 Å². The van der Waals surface area contributed by atoms with Crippen LogP contribution in [0.4, 0.5) is 0 Å². The molecule has 1 fully saturated rings. The fourth-order valence-electron chi connectivity index (χ4n) is 3.13. The number of rotatable bonds is 5. The standard InChI is InChI=1S/C17H24N2O2/c1-19(2)11-12-21-15-13-7-3-4-8-14(13)18-16(15)17(20)9-5-6-10-17/h3-4,7-8,18,20H,5-6,9-12H2,1-2H3. The smallest absolute Gasteiger partial charge is 0.150 e. The van der Waals surface area contributed by atoms with Gasteiger partial charge in [-0.3, -0.25) is 0 Å². The number of aromatic nitrogens is 1. The van der Waals surface area contributed by atoms with Crippen molar-refractivity contribution < 1.29 is 9.84 Å². The number of likely N-dealkylation sites (N-methyl/N-ethyl adjacent to an activating group) is 1. The minimum Gasteiger partial charge on any atom is -0.490 e. The highest BCUT2D eigenvalue weighted by atomic mass is 16.5. The van der Waals surface area contributed by atoms with Gasteiger partial charge in [0, 0.05) is 17.4 Å². The summed E-state index contributed by atoms with van der Waals surface area (Å²) in [6.07, 6.45) is 3.76. The third kappa shape index (κ3) is 2.78. The third-order valence-corrected chi connectivity index (χ3v) is 4.34. The van der Waals surface area contributed by atoms with Crippen molar-refractivity contribution in [2.45, 2.75) is 31.3 Å². The second-order valence-electron chi connectivity index (χ2n) is 6.27. The molecule has 1 aromatic heterocycles. The Hall–Kier alpha value is -1.52. The van der Waals surface area contributed by atoms with Crippen LogP contribution >= 0.6 is 0 Å². The van der Waals surface area contributed by atoms with Gasteiger partial charge in [0.1, 0.15) is 12.2 Å². The summed E-state index contributed by atoms with van der Waals surface area (Å²) in [6, 6.07) is 8.11. The van der Waals surface area contributed by atoms with Gasteiger partial charge in [-0.15, -0.1) is 0 Å². The number of aromatic amines is 1. The molecule has 0 aliphatic heterocycles. The molecule has 0 unspecified atom stereocenters. The Bertz CT molecular complexity index is 612. The average Bonchev–Trinajstić information content (AvgIpc) is 3.04. The Morgan fingerprint density at radius 2 is 1.95 bits per heavy atom. The van der Waals surface area contributed by atoms with E-state index < -0.39 is 5.60 Å². The van der Waals surface area contributed by atoms with E-state index in [9.17, 15) is 5.11 Å². The summed E-state index contributed by atoms with van der Waals surface area (Å²) in [5, 5.41) is 12.0. The quantitative estimate of drug-likeness (QED) is 0.889. The second kappa shape index (κ2) is 5.70. The topological polar surface area (TPSA) is 48.5 Å². The molecule has 114 valence electrons. The molecule has 4 nitrogen and oxygen atoms in total. The maximum atomic E-state index is 10.9. The monoisotopic (exact) mass is 288 g/mol. The summed E-state index contributed by atoms with van der Waals surface area (Å²) in [6.45, 7) is 1.48. The second-order valence-corrected chi connectivity index (χ2v) is 6.27. The normalized spacial score (nSPS) is 17.7. The van der Waals surface area contributed by atoms with Gasteiger partial charge < -0.3 is 19.7 Å². The SMILES string of the molecule is CN(C)CCOc1c(C2(O)CCCC2)[nH]c2ccccc12. The molecule has 0 saturated heterocycles. The molecule has 1 saturated carbocycles. The van der Waals surface area contributed by atoms with Gasteiger partial charge in [0.05, 0.1) is 5.69 Å². The van der Waals surface area contributed by atoms with Gasteiger partial charge in [0.2, 0.25) is 0 Å². The van der Waals surface area contributed by atoms with E-state index in [0.29, 0.717) is 6.61 Å². The maximum absolute atomic E-state index is 10.9. The summed E-state index contributed by atoms with van der Waals surface area (Å²) in [4.78, 5) is 5.49. The number of nitrogens with zero attached hydrogens (tertiary/aromatic N) is 1. The minimum atomic E-state index is -0.757. The average molecular weight is 288 g/mol. The lowest BCUT2D eigenvalue weighted by Gasteiger charge is -2.23. The van der Waals surface area contributed by atoms with Gasteiger partial charge in [-0.1, -0.05) is 25.0 Å². The summed E-state index contributed by atoms with van der Waals surface area (Å²) in [5.74, 6) is 0.830. The van der Waals surface area contributed by atoms with Gasteiger partial charge in [-0.25, -0.2) is 0 Å². The maximum Gasteiger partial charge on any atom is 0.150 e. The number of fused-ring (bicyclic) bond motifs is 1. The first kappa shape index (κ1) is 14.4. The zero-order valence-electron chi connectivity index (χ0n) is 12.9. The van der Waals surface area contributed by atoms with Crippen molar-refractivity contribution in [1.82, 2.24) is 9.88 Å². The predicted molar refractivity (Wildman–Crippen MR) is 84.7 cm³/mol. The van der Waals surface area contributed by atoms with E-state index in [-0.39, 0.29) is 0 Å². The van der Waals surface area contributed by atoms with E-state index in [4.69, 9.17) is 4.74 Å². The van der Waals surface area contributed by atoms with Crippen LogP contribution in [-0.4, -0.2) is 42.2 Å². The molecule has 1 aliphatic carbocycles. The first-order valence-electron chi connectivity index (χ1n) is 7.71. The summed E-state index contributed by atoms with van der Waals surface area (Å²) >= 11 is 0. The van der Waals surface area contributed by atoms with Crippen molar-refractivity contribution in [1.29, 1.82) is 0 Å². The molecule has 21 heavy (non-hydrogen) atoms. The van der Waals surface area contributed by atoms with Crippen molar-refractivity contribution in [3.8, 4) is 5.75 Å². The van der Waals surface area contributed by atoms with Gasteiger partial charge in [-0.2, -0.15) is 0 Å². The Balaban J connectivity index is 1.97. The molecule has 0 bridgehead atoms. The highest BCUT2D eigenvalue weighted by molar-refractivity contribution is 5.88. The predicted octanol–water partition coefficient (Wildman–Crippen LogP) is 2.87. The lowest BCUT2D eigenvalue weighted by Crippen LogP contribution is -2.24. The van der Waals surface area contributed by atoms with Crippen molar-refractivity contribution >= 4 is 10.9 Å². The number of nitrogens with one attached hydrogen (secondary N) is 1. The van der Waals surface area contributed by atoms with Crippen molar-refractivity contribution in [2.75, 3.05) is 27.2 Å². The van der Waals surface area contributed by atoms with E-state index in [1.54, 1.807) is 0 Å². The van der Waals surface area contributed by atoms with Crippen LogP contribution in [0.15, 0.2) is 24.3 Å².